The summed E-state index contributed by atoms with van der Waals surface area (Å²) in [5.74, 6) is 3.57. The molecule has 2 heteroatoms. The molecule has 25 heavy (non-hydrogen) atoms. The van der Waals surface area contributed by atoms with Crippen molar-refractivity contribution in [1.29, 1.82) is 0 Å². The summed E-state index contributed by atoms with van der Waals surface area (Å²) < 4.78 is 11.8. The molecule has 0 aliphatic carbocycles. The fourth-order valence-corrected chi connectivity index (χ4v) is 3.08. The fraction of sp³-hybridized carbons (Fsp3) is 0.478. The van der Waals surface area contributed by atoms with Gasteiger partial charge in [-0.25, -0.2) is 0 Å². The maximum Gasteiger partial charge on any atom is 0.123 e. The van der Waals surface area contributed by atoms with Crippen molar-refractivity contribution >= 4 is 0 Å². The average molecular weight is 341 g/mol. The first-order chi connectivity index (χ1) is 11.9. The second kappa shape index (κ2) is 8.94. The van der Waals surface area contributed by atoms with E-state index in [2.05, 4.69) is 58.9 Å². The lowest BCUT2D eigenvalue weighted by molar-refractivity contribution is 0.296. The smallest absolute Gasteiger partial charge is 0.123 e. The van der Waals surface area contributed by atoms with E-state index in [0.29, 0.717) is 24.4 Å². The Morgan fingerprint density at radius 3 is 2.16 bits per heavy atom. The Bertz CT molecular complexity index is 674. The Balaban J connectivity index is 2.25. The van der Waals surface area contributed by atoms with E-state index in [1.54, 1.807) is 7.11 Å². The van der Waals surface area contributed by atoms with Gasteiger partial charge in [0.2, 0.25) is 0 Å². The lowest BCUT2D eigenvalue weighted by Crippen LogP contribution is -2.08. The van der Waals surface area contributed by atoms with Gasteiger partial charge in [0.15, 0.2) is 0 Å². The molecule has 2 aromatic carbocycles. The molecule has 0 N–H and O–H groups in total. The summed E-state index contributed by atoms with van der Waals surface area (Å²) in [5, 5.41) is 0. The van der Waals surface area contributed by atoms with Crippen molar-refractivity contribution in [2.24, 2.45) is 11.8 Å². The van der Waals surface area contributed by atoms with Gasteiger partial charge in [-0.05, 0) is 47.4 Å². The van der Waals surface area contributed by atoms with Gasteiger partial charge in [-0.1, -0.05) is 65.0 Å². The van der Waals surface area contributed by atoms with Crippen LogP contribution < -0.4 is 9.47 Å². The molecule has 0 spiro atoms. The summed E-state index contributed by atoms with van der Waals surface area (Å²) in [6.07, 6.45) is 0.993. The van der Waals surface area contributed by atoms with Crippen molar-refractivity contribution < 1.29 is 9.47 Å². The molecule has 2 aromatic rings. The van der Waals surface area contributed by atoms with Crippen molar-refractivity contribution in [3.63, 3.8) is 0 Å². The molecule has 0 radical (unpaired) electrons. The van der Waals surface area contributed by atoms with Crippen LogP contribution in [-0.4, -0.2) is 7.11 Å². The Hall–Kier alpha value is -1.96. The summed E-state index contributed by atoms with van der Waals surface area (Å²) >= 11 is 0. The van der Waals surface area contributed by atoms with Crippen molar-refractivity contribution in [2.75, 3.05) is 7.11 Å². The molecule has 0 amide bonds. The van der Waals surface area contributed by atoms with Crippen LogP contribution in [0.2, 0.25) is 0 Å². The SMILES string of the molecule is COc1cccc(COc2ccccc2C(C)C(C)C)c1CC(C)C. The van der Waals surface area contributed by atoms with E-state index in [1.807, 2.05) is 18.2 Å². The molecule has 1 atom stereocenters. The van der Waals surface area contributed by atoms with Crippen LogP contribution in [-0.2, 0) is 13.0 Å². The summed E-state index contributed by atoms with van der Waals surface area (Å²) in [6.45, 7) is 11.8. The minimum absolute atomic E-state index is 0.469. The van der Waals surface area contributed by atoms with Crippen molar-refractivity contribution in [2.45, 2.75) is 53.6 Å². The van der Waals surface area contributed by atoms with Gasteiger partial charge in [0, 0.05) is 5.56 Å². The van der Waals surface area contributed by atoms with Gasteiger partial charge in [0.1, 0.15) is 18.1 Å². The molecule has 2 rings (SSSR count). The van der Waals surface area contributed by atoms with Crippen molar-refractivity contribution in [3.05, 3.63) is 59.2 Å². The van der Waals surface area contributed by atoms with E-state index in [1.165, 1.54) is 16.7 Å². The average Bonchev–Trinajstić information content (AvgIpc) is 2.59. The first kappa shape index (κ1) is 19.4. The fourth-order valence-electron chi connectivity index (χ4n) is 3.08. The lowest BCUT2D eigenvalue weighted by atomic mass is 9.90. The second-order valence-electron chi connectivity index (χ2n) is 7.56. The summed E-state index contributed by atoms with van der Waals surface area (Å²) in [5.41, 5.74) is 3.75. The predicted octanol–water partition coefficient (Wildman–Crippen LogP) is 6.23. The summed E-state index contributed by atoms with van der Waals surface area (Å²) in [7, 11) is 1.74. The van der Waals surface area contributed by atoms with E-state index in [9.17, 15) is 0 Å². The van der Waals surface area contributed by atoms with Gasteiger partial charge in [0.05, 0.1) is 7.11 Å². The molecule has 0 bridgehead atoms. The molecule has 0 aliphatic heterocycles. The van der Waals surface area contributed by atoms with E-state index in [-0.39, 0.29) is 0 Å². The number of methoxy groups -OCH3 is 1. The highest BCUT2D eigenvalue weighted by atomic mass is 16.5. The molecule has 1 unspecified atom stereocenters. The van der Waals surface area contributed by atoms with Crippen molar-refractivity contribution in [1.82, 2.24) is 0 Å². The van der Waals surface area contributed by atoms with Crippen LogP contribution in [0.15, 0.2) is 42.5 Å². The third-order valence-corrected chi connectivity index (χ3v) is 4.86. The third-order valence-electron chi connectivity index (χ3n) is 4.86. The lowest BCUT2D eigenvalue weighted by Gasteiger charge is -2.21. The van der Waals surface area contributed by atoms with Crippen LogP contribution in [0.25, 0.3) is 0 Å². The largest absolute Gasteiger partial charge is 0.496 e. The van der Waals surface area contributed by atoms with Gasteiger partial charge >= 0.3 is 0 Å². The zero-order valence-electron chi connectivity index (χ0n) is 16.5. The van der Waals surface area contributed by atoms with E-state index < -0.39 is 0 Å². The van der Waals surface area contributed by atoms with Gasteiger partial charge in [-0.3, -0.25) is 0 Å². The number of para-hydroxylation sites is 1. The standard InChI is InChI=1S/C23H32O2/c1-16(2)14-21-19(10-9-13-22(21)24-6)15-25-23-12-8-7-11-20(23)18(5)17(3)4/h7-13,16-18H,14-15H2,1-6H3. The second-order valence-corrected chi connectivity index (χ2v) is 7.56. The highest BCUT2D eigenvalue weighted by Gasteiger charge is 2.16. The van der Waals surface area contributed by atoms with Crippen LogP contribution in [0.1, 0.15) is 57.2 Å². The predicted molar refractivity (Wildman–Crippen MR) is 106 cm³/mol. The zero-order chi connectivity index (χ0) is 18.4. The summed E-state index contributed by atoms with van der Waals surface area (Å²) in [6, 6.07) is 14.6. The van der Waals surface area contributed by atoms with Crippen LogP contribution >= 0.6 is 0 Å². The number of hydrogen-bond acceptors (Lipinski definition) is 2. The van der Waals surface area contributed by atoms with E-state index in [0.717, 1.165) is 17.9 Å². The van der Waals surface area contributed by atoms with Crippen LogP contribution in [0.3, 0.4) is 0 Å². The van der Waals surface area contributed by atoms with Crippen molar-refractivity contribution in [3.8, 4) is 11.5 Å². The normalized spacial score (nSPS) is 12.5. The molecule has 136 valence electrons. The molecule has 2 nitrogen and oxygen atoms in total. The van der Waals surface area contributed by atoms with Crippen LogP contribution in [0.4, 0.5) is 0 Å². The monoisotopic (exact) mass is 340 g/mol. The molecule has 0 aliphatic rings. The van der Waals surface area contributed by atoms with Gasteiger partial charge in [-0.2, -0.15) is 0 Å². The Kier molecular flexibility index (Phi) is 6.92. The number of rotatable bonds is 8. The molecule has 0 aromatic heterocycles. The van der Waals surface area contributed by atoms with Gasteiger partial charge in [0.25, 0.3) is 0 Å². The Morgan fingerprint density at radius 2 is 1.52 bits per heavy atom. The molecule has 0 heterocycles. The Morgan fingerprint density at radius 1 is 0.840 bits per heavy atom. The summed E-state index contributed by atoms with van der Waals surface area (Å²) in [4.78, 5) is 0. The highest BCUT2D eigenvalue weighted by molar-refractivity contribution is 5.41. The minimum atomic E-state index is 0.469. The van der Waals surface area contributed by atoms with Gasteiger partial charge in [-0.15, -0.1) is 0 Å². The Labute approximate surface area is 153 Å². The van der Waals surface area contributed by atoms with Crippen LogP contribution in [0, 0.1) is 11.8 Å². The first-order valence-corrected chi connectivity index (χ1v) is 9.30. The van der Waals surface area contributed by atoms with Gasteiger partial charge < -0.3 is 9.47 Å². The zero-order valence-corrected chi connectivity index (χ0v) is 16.5. The third kappa shape index (κ3) is 5.01. The van der Waals surface area contributed by atoms with E-state index in [4.69, 9.17) is 9.47 Å². The topological polar surface area (TPSA) is 18.5 Å². The highest BCUT2D eigenvalue weighted by Crippen LogP contribution is 2.33. The number of benzene rings is 2. The molecular weight excluding hydrogens is 308 g/mol. The molecule has 0 saturated carbocycles. The van der Waals surface area contributed by atoms with E-state index >= 15 is 0 Å². The number of ether oxygens (including phenoxy) is 2. The molecular formula is C23H32O2. The maximum absolute atomic E-state index is 6.26. The van der Waals surface area contributed by atoms with Crippen LogP contribution in [0.5, 0.6) is 11.5 Å². The minimum Gasteiger partial charge on any atom is -0.496 e. The number of hydrogen-bond donors (Lipinski definition) is 0. The quantitative estimate of drug-likeness (QED) is 0.567. The first-order valence-electron chi connectivity index (χ1n) is 9.30. The molecule has 0 fully saturated rings. The molecule has 0 saturated heterocycles. The maximum atomic E-state index is 6.26.